The highest BCUT2D eigenvalue weighted by Crippen LogP contribution is 2.39. The molecule has 1 amide bonds. The maximum Gasteiger partial charge on any atom is 0.341 e. The van der Waals surface area contributed by atoms with Gasteiger partial charge in [0.05, 0.1) is 12.3 Å². The van der Waals surface area contributed by atoms with E-state index >= 15 is 0 Å². The summed E-state index contributed by atoms with van der Waals surface area (Å²) in [5, 5.41) is 6.08. The molecule has 3 N–H and O–H groups in total. The molecule has 1 aromatic carbocycles. The van der Waals surface area contributed by atoms with Gasteiger partial charge in [-0.25, -0.2) is 9.78 Å². The lowest BCUT2D eigenvalue weighted by Gasteiger charge is -2.12. The van der Waals surface area contributed by atoms with E-state index in [2.05, 4.69) is 11.4 Å². The molecule has 1 aliphatic carbocycles. The maximum absolute atomic E-state index is 13.4. The first-order chi connectivity index (χ1) is 17.1. The Bertz CT molecular complexity index is 1390. The number of nitrogens with one attached hydrogen (secondary N) is 1. The fourth-order valence-electron chi connectivity index (χ4n) is 4.53. The van der Waals surface area contributed by atoms with Gasteiger partial charge < -0.3 is 15.8 Å². The van der Waals surface area contributed by atoms with Crippen LogP contribution in [-0.4, -0.2) is 23.5 Å². The number of thiophene rings is 2. The lowest BCUT2D eigenvalue weighted by Crippen LogP contribution is -2.14. The highest BCUT2D eigenvalue weighted by Gasteiger charge is 2.25. The summed E-state index contributed by atoms with van der Waals surface area (Å²) in [5.41, 5.74) is 11.2. The molecule has 4 aromatic rings. The van der Waals surface area contributed by atoms with E-state index in [1.165, 1.54) is 41.1 Å². The third kappa shape index (κ3) is 4.68. The maximum atomic E-state index is 13.4. The SMILES string of the molecule is CCOC(=O)c1c(-c2ccccc2)csc1NC(=O)c1sc2nc3c(cc2c1N)CCCCCC3. The number of anilines is 2. The second kappa shape index (κ2) is 10.2. The minimum absolute atomic E-state index is 0.246. The number of carbonyl (C=O) groups is 2. The number of rotatable bonds is 5. The number of amides is 1. The minimum Gasteiger partial charge on any atom is -0.462 e. The number of fused-ring (bicyclic) bond motifs is 2. The van der Waals surface area contributed by atoms with Crippen LogP contribution in [0, 0.1) is 0 Å². The first-order valence-electron chi connectivity index (χ1n) is 11.9. The number of carbonyl (C=O) groups excluding carboxylic acids is 2. The minimum atomic E-state index is -0.464. The van der Waals surface area contributed by atoms with E-state index in [4.69, 9.17) is 15.5 Å². The topological polar surface area (TPSA) is 94.3 Å². The van der Waals surface area contributed by atoms with Gasteiger partial charge in [-0.1, -0.05) is 43.2 Å². The van der Waals surface area contributed by atoms with Crippen LogP contribution in [0.15, 0.2) is 41.8 Å². The van der Waals surface area contributed by atoms with E-state index in [9.17, 15) is 9.59 Å². The molecule has 0 spiro atoms. The second-order valence-electron chi connectivity index (χ2n) is 8.60. The Kier molecular flexibility index (Phi) is 6.83. The molecular weight excluding hydrogens is 478 g/mol. The van der Waals surface area contributed by atoms with Crippen molar-refractivity contribution in [3.05, 3.63) is 63.5 Å². The molecule has 1 aliphatic rings. The average Bonchev–Trinajstić information content (AvgIpc) is 3.40. The lowest BCUT2D eigenvalue weighted by molar-refractivity contribution is 0.0529. The highest BCUT2D eigenvalue weighted by atomic mass is 32.1. The number of aryl methyl sites for hydroxylation is 2. The smallest absolute Gasteiger partial charge is 0.341 e. The summed E-state index contributed by atoms with van der Waals surface area (Å²) in [6, 6.07) is 11.7. The van der Waals surface area contributed by atoms with Crippen LogP contribution in [0.4, 0.5) is 10.7 Å². The van der Waals surface area contributed by atoms with Crippen LogP contribution in [0.2, 0.25) is 0 Å². The van der Waals surface area contributed by atoms with Crippen molar-refractivity contribution in [1.29, 1.82) is 0 Å². The predicted molar refractivity (Wildman–Crippen MR) is 144 cm³/mol. The van der Waals surface area contributed by atoms with E-state index in [1.54, 1.807) is 6.92 Å². The molecule has 8 heteroatoms. The Hall–Kier alpha value is -3.23. The number of aromatic nitrogens is 1. The second-order valence-corrected chi connectivity index (χ2v) is 10.5. The molecule has 35 heavy (non-hydrogen) atoms. The molecule has 0 saturated heterocycles. The summed E-state index contributed by atoms with van der Waals surface area (Å²) in [4.78, 5) is 32.3. The molecule has 0 bridgehead atoms. The molecule has 5 rings (SSSR count). The number of hydrogen-bond donors (Lipinski definition) is 2. The van der Waals surface area contributed by atoms with Gasteiger partial charge in [-0.15, -0.1) is 22.7 Å². The Morgan fingerprint density at radius 2 is 1.89 bits per heavy atom. The molecule has 0 aliphatic heterocycles. The van der Waals surface area contributed by atoms with E-state index in [0.29, 0.717) is 21.1 Å². The van der Waals surface area contributed by atoms with Crippen molar-refractivity contribution in [1.82, 2.24) is 4.98 Å². The van der Waals surface area contributed by atoms with E-state index < -0.39 is 5.97 Å². The number of benzene rings is 1. The lowest BCUT2D eigenvalue weighted by atomic mass is 9.96. The zero-order chi connectivity index (χ0) is 24.4. The Balaban J connectivity index is 1.50. The quantitative estimate of drug-likeness (QED) is 0.295. The van der Waals surface area contributed by atoms with Gasteiger partial charge in [0.25, 0.3) is 5.91 Å². The van der Waals surface area contributed by atoms with Gasteiger partial charge in [-0.3, -0.25) is 4.79 Å². The molecule has 6 nitrogen and oxygen atoms in total. The molecule has 0 unspecified atom stereocenters. The van der Waals surface area contributed by atoms with Crippen LogP contribution >= 0.6 is 22.7 Å². The number of nitrogen functional groups attached to an aromatic ring is 1. The first kappa shape index (κ1) is 23.5. The Morgan fingerprint density at radius 1 is 1.11 bits per heavy atom. The fraction of sp³-hybridized carbons (Fsp3) is 0.296. The summed E-state index contributed by atoms with van der Waals surface area (Å²) in [7, 11) is 0. The van der Waals surface area contributed by atoms with Gasteiger partial charge in [0.15, 0.2) is 0 Å². The van der Waals surface area contributed by atoms with Crippen molar-refractivity contribution in [3.63, 3.8) is 0 Å². The van der Waals surface area contributed by atoms with Crippen LogP contribution in [0.5, 0.6) is 0 Å². The van der Waals surface area contributed by atoms with Gasteiger partial charge >= 0.3 is 5.97 Å². The number of esters is 1. The summed E-state index contributed by atoms with van der Waals surface area (Å²) in [6.45, 7) is 2.01. The Labute approximate surface area is 212 Å². The normalized spacial score (nSPS) is 13.6. The summed E-state index contributed by atoms with van der Waals surface area (Å²) < 4.78 is 5.31. The monoisotopic (exact) mass is 505 g/mol. The van der Waals surface area contributed by atoms with Crippen molar-refractivity contribution >= 4 is 55.5 Å². The zero-order valence-electron chi connectivity index (χ0n) is 19.6. The largest absolute Gasteiger partial charge is 0.462 e. The van der Waals surface area contributed by atoms with Crippen molar-refractivity contribution in [2.45, 2.75) is 45.4 Å². The zero-order valence-corrected chi connectivity index (χ0v) is 21.2. The number of hydrogen-bond acceptors (Lipinski definition) is 7. The summed E-state index contributed by atoms with van der Waals surface area (Å²) >= 11 is 2.61. The van der Waals surface area contributed by atoms with Crippen LogP contribution in [-0.2, 0) is 17.6 Å². The van der Waals surface area contributed by atoms with Crippen LogP contribution in [0.25, 0.3) is 21.3 Å². The van der Waals surface area contributed by atoms with Gasteiger partial charge in [0.1, 0.15) is 20.3 Å². The van der Waals surface area contributed by atoms with E-state index in [-0.39, 0.29) is 12.5 Å². The molecule has 0 radical (unpaired) electrons. The third-order valence-corrected chi connectivity index (χ3v) is 8.30. The fourth-order valence-corrected chi connectivity index (χ4v) is 6.47. The summed E-state index contributed by atoms with van der Waals surface area (Å²) in [5.74, 6) is -0.807. The van der Waals surface area contributed by atoms with Crippen molar-refractivity contribution in [2.24, 2.45) is 0 Å². The third-order valence-electron chi connectivity index (χ3n) is 6.29. The Morgan fingerprint density at radius 3 is 2.66 bits per heavy atom. The number of pyridine rings is 1. The van der Waals surface area contributed by atoms with Crippen molar-refractivity contribution in [2.75, 3.05) is 17.7 Å². The van der Waals surface area contributed by atoms with Crippen molar-refractivity contribution in [3.8, 4) is 11.1 Å². The standard InChI is InChI=1S/C27H27N3O3S2/c1-2-33-27(32)21-19(16-10-7-5-8-11-16)15-34-26(21)30-24(31)23-22(28)18-14-17-12-6-3-4-9-13-20(17)29-25(18)35-23/h5,7-8,10-11,14-15H,2-4,6,9,12-13,28H2,1H3,(H,30,31). The molecule has 0 fully saturated rings. The van der Waals surface area contributed by atoms with Gasteiger partial charge in [0.2, 0.25) is 0 Å². The van der Waals surface area contributed by atoms with Crippen molar-refractivity contribution < 1.29 is 14.3 Å². The molecule has 180 valence electrons. The predicted octanol–water partition coefficient (Wildman–Crippen LogP) is 6.70. The molecule has 0 saturated carbocycles. The van der Waals surface area contributed by atoms with E-state index in [0.717, 1.165) is 52.7 Å². The van der Waals surface area contributed by atoms with E-state index in [1.807, 2.05) is 35.7 Å². The number of nitrogens with two attached hydrogens (primary N) is 1. The molecule has 3 heterocycles. The van der Waals surface area contributed by atoms with Gasteiger partial charge in [-0.05, 0) is 49.8 Å². The van der Waals surface area contributed by atoms with Crippen LogP contribution in [0.1, 0.15) is 63.9 Å². The number of nitrogens with zero attached hydrogens (tertiary/aromatic N) is 1. The average molecular weight is 506 g/mol. The number of ether oxygens (including phenoxy) is 1. The molecule has 3 aromatic heterocycles. The molecular formula is C27H27N3O3S2. The van der Waals surface area contributed by atoms with Crippen LogP contribution in [0.3, 0.4) is 0 Å². The van der Waals surface area contributed by atoms with Gasteiger partial charge in [-0.2, -0.15) is 0 Å². The summed E-state index contributed by atoms with van der Waals surface area (Å²) in [6.07, 6.45) is 6.71. The highest BCUT2D eigenvalue weighted by molar-refractivity contribution is 7.21. The first-order valence-corrected chi connectivity index (χ1v) is 13.6. The van der Waals surface area contributed by atoms with Gasteiger partial charge in [0, 0.05) is 22.0 Å². The molecule has 0 atom stereocenters. The van der Waals surface area contributed by atoms with Crippen LogP contribution < -0.4 is 11.1 Å².